The van der Waals surface area contributed by atoms with Crippen LogP contribution in [-0.2, 0) is 13.1 Å². The Bertz CT molecular complexity index is 695. The molecular weight excluding hydrogens is 300 g/mol. The summed E-state index contributed by atoms with van der Waals surface area (Å²) in [6.07, 6.45) is 0. The molecule has 0 radical (unpaired) electrons. The maximum Gasteiger partial charge on any atom is 0.339 e. The van der Waals surface area contributed by atoms with Crippen molar-refractivity contribution < 1.29 is 24.5 Å². The molecule has 0 saturated carbocycles. The first-order chi connectivity index (χ1) is 11.0. The first-order valence-electron chi connectivity index (χ1n) is 6.78. The van der Waals surface area contributed by atoms with E-state index in [1.165, 1.54) is 12.1 Å². The van der Waals surface area contributed by atoms with Crippen molar-refractivity contribution in [3.8, 4) is 11.5 Å². The van der Waals surface area contributed by atoms with Crippen LogP contribution in [0.25, 0.3) is 0 Å². The van der Waals surface area contributed by atoms with Crippen LogP contribution in [0.3, 0.4) is 0 Å². The Morgan fingerprint density at radius 3 is 1.52 bits per heavy atom. The normalized spacial score (nSPS) is 10.3. The van der Waals surface area contributed by atoms with Crippen molar-refractivity contribution in [1.82, 2.24) is 0 Å². The highest BCUT2D eigenvalue weighted by Gasteiger charge is 2.21. The molecule has 0 aliphatic heterocycles. The second kappa shape index (κ2) is 6.91. The fourth-order valence-corrected chi connectivity index (χ4v) is 2.17. The van der Waals surface area contributed by atoms with Crippen molar-refractivity contribution in [3.63, 3.8) is 0 Å². The highest BCUT2D eigenvalue weighted by Crippen LogP contribution is 2.34. The highest BCUT2D eigenvalue weighted by atomic mass is 16.5. The van der Waals surface area contributed by atoms with Gasteiger partial charge in [-0.2, -0.15) is 0 Å². The molecule has 2 aromatic rings. The second-order valence-electron chi connectivity index (χ2n) is 4.71. The lowest BCUT2D eigenvalue weighted by Crippen LogP contribution is -2.10. The van der Waals surface area contributed by atoms with Crippen LogP contribution >= 0.6 is 0 Å². The van der Waals surface area contributed by atoms with Crippen LogP contribution in [0.1, 0.15) is 31.8 Å². The van der Waals surface area contributed by atoms with E-state index in [9.17, 15) is 19.8 Å². The lowest BCUT2D eigenvalue weighted by atomic mass is 10.1. The van der Waals surface area contributed by atoms with Crippen LogP contribution in [0.4, 0.5) is 0 Å². The average molecular weight is 316 g/mol. The van der Waals surface area contributed by atoms with E-state index < -0.39 is 11.9 Å². The van der Waals surface area contributed by atoms with Crippen molar-refractivity contribution in [1.29, 1.82) is 0 Å². The number of aromatic carboxylic acids is 2. The van der Waals surface area contributed by atoms with E-state index in [0.29, 0.717) is 11.1 Å². The van der Waals surface area contributed by atoms with Crippen molar-refractivity contribution in [2.45, 2.75) is 13.1 Å². The Morgan fingerprint density at radius 1 is 0.826 bits per heavy atom. The molecule has 0 atom stereocenters. The summed E-state index contributed by atoms with van der Waals surface area (Å²) in [5, 5.41) is 18.6. The molecule has 23 heavy (non-hydrogen) atoms. The SMILES string of the molecule is NCc1cccc(C(=O)O)c1Oc1c(CN)cccc1C(=O)O. The molecular formula is C16H16N2O5. The van der Waals surface area contributed by atoms with E-state index in [1.807, 2.05) is 0 Å². The molecule has 7 heteroatoms. The molecule has 0 unspecified atom stereocenters. The molecule has 7 nitrogen and oxygen atoms in total. The number of hydrogen-bond donors (Lipinski definition) is 4. The minimum atomic E-state index is -1.20. The van der Waals surface area contributed by atoms with Gasteiger partial charge in [-0.1, -0.05) is 24.3 Å². The Hall–Kier alpha value is -2.90. The van der Waals surface area contributed by atoms with Crippen molar-refractivity contribution >= 4 is 11.9 Å². The largest absolute Gasteiger partial charge is 0.478 e. The van der Waals surface area contributed by atoms with E-state index in [-0.39, 0.29) is 35.7 Å². The summed E-state index contributed by atoms with van der Waals surface area (Å²) < 4.78 is 5.69. The highest BCUT2D eigenvalue weighted by molar-refractivity contribution is 5.93. The standard InChI is InChI=1S/C16H16N2O5/c17-7-9-3-1-5-11(15(19)20)13(9)23-14-10(8-18)4-2-6-12(14)16(21)22/h1-6H,7-8,17-18H2,(H,19,20)(H,21,22). The van der Waals surface area contributed by atoms with Crippen molar-refractivity contribution in [2.24, 2.45) is 11.5 Å². The van der Waals surface area contributed by atoms with Gasteiger partial charge in [-0.05, 0) is 12.1 Å². The molecule has 2 aromatic carbocycles. The summed E-state index contributed by atoms with van der Waals surface area (Å²) >= 11 is 0. The van der Waals surface area contributed by atoms with Gasteiger partial charge < -0.3 is 26.4 Å². The van der Waals surface area contributed by atoms with Gasteiger partial charge in [-0.25, -0.2) is 9.59 Å². The first kappa shape index (κ1) is 16.5. The van der Waals surface area contributed by atoms with Gasteiger partial charge in [0.1, 0.15) is 22.6 Å². The van der Waals surface area contributed by atoms with Crippen molar-refractivity contribution in [3.05, 3.63) is 58.7 Å². The molecule has 0 saturated heterocycles. The molecule has 6 N–H and O–H groups in total. The number of carboxylic acids is 2. The van der Waals surface area contributed by atoms with E-state index in [0.717, 1.165) is 0 Å². The van der Waals surface area contributed by atoms with Gasteiger partial charge in [0.05, 0.1) is 0 Å². The molecule has 0 aliphatic carbocycles. The quantitative estimate of drug-likeness (QED) is 0.637. The molecule has 0 heterocycles. The monoisotopic (exact) mass is 316 g/mol. The summed E-state index contributed by atoms with van der Waals surface area (Å²) in [6, 6.07) is 9.06. The van der Waals surface area contributed by atoms with Crippen LogP contribution < -0.4 is 16.2 Å². The zero-order valence-electron chi connectivity index (χ0n) is 12.2. The summed E-state index contributed by atoms with van der Waals surface area (Å²) in [6.45, 7) is 0.0906. The number of para-hydroxylation sites is 2. The summed E-state index contributed by atoms with van der Waals surface area (Å²) in [5.41, 5.74) is 12.0. The van der Waals surface area contributed by atoms with E-state index in [2.05, 4.69) is 0 Å². The van der Waals surface area contributed by atoms with Crippen LogP contribution in [0.15, 0.2) is 36.4 Å². The van der Waals surface area contributed by atoms with Crippen molar-refractivity contribution in [2.75, 3.05) is 0 Å². The van der Waals surface area contributed by atoms with Gasteiger partial charge in [0.25, 0.3) is 0 Å². The topological polar surface area (TPSA) is 136 Å². The summed E-state index contributed by atoms with van der Waals surface area (Å²) in [5.74, 6) is -2.35. The van der Waals surface area contributed by atoms with Crippen LogP contribution in [-0.4, -0.2) is 22.2 Å². The van der Waals surface area contributed by atoms with Crippen LogP contribution in [0, 0.1) is 0 Å². The second-order valence-corrected chi connectivity index (χ2v) is 4.71. The number of nitrogens with two attached hydrogens (primary N) is 2. The fourth-order valence-electron chi connectivity index (χ4n) is 2.17. The Balaban J connectivity index is 2.64. The van der Waals surface area contributed by atoms with Gasteiger partial charge in [0, 0.05) is 24.2 Å². The third kappa shape index (κ3) is 3.31. The van der Waals surface area contributed by atoms with Gasteiger partial charge in [0.15, 0.2) is 0 Å². The molecule has 2 rings (SSSR count). The third-order valence-corrected chi connectivity index (χ3v) is 3.30. The maximum atomic E-state index is 11.4. The summed E-state index contributed by atoms with van der Waals surface area (Å²) in [7, 11) is 0. The van der Waals surface area contributed by atoms with E-state index in [1.54, 1.807) is 24.3 Å². The third-order valence-electron chi connectivity index (χ3n) is 3.30. The van der Waals surface area contributed by atoms with Gasteiger partial charge in [-0.15, -0.1) is 0 Å². The van der Waals surface area contributed by atoms with Gasteiger partial charge in [0.2, 0.25) is 0 Å². The zero-order valence-corrected chi connectivity index (χ0v) is 12.2. The molecule has 0 aromatic heterocycles. The lowest BCUT2D eigenvalue weighted by Gasteiger charge is -2.17. The molecule has 0 bridgehead atoms. The lowest BCUT2D eigenvalue weighted by molar-refractivity contribution is 0.0687. The fraction of sp³-hybridized carbons (Fsp3) is 0.125. The minimum absolute atomic E-state index is 0.0194. The number of hydrogen-bond acceptors (Lipinski definition) is 5. The van der Waals surface area contributed by atoms with Gasteiger partial charge >= 0.3 is 11.9 Å². The average Bonchev–Trinajstić information content (AvgIpc) is 2.54. The maximum absolute atomic E-state index is 11.4. The van der Waals surface area contributed by atoms with Crippen LogP contribution in [0.5, 0.6) is 11.5 Å². The molecule has 0 aliphatic rings. The van der Waals surface area contributed by atoms with Crippen LogP contribution in [0.2, 0.25) is 0 Å². The number of benzene rings is 2. The van der Waals surface area contributed by atoms with E-state index in [4.69, 9.17) is 16.2 Å². The first-order valence-corrected chi connectivity index (χ1v) is 6.78. The predicted molar refractivity (Wildman–Crippen MR) is 82.7 cm³/mol. The Kier molecular flexibility index (Phi) is 4.95. The number of rotatable bonds is 6. The van der Waals surface area contributed by atoms with Gasteiger partial charge in [-0.3, -0.25) is 0 Å². The summed E-state index contributed by atoms with van der Waals surface area (Å²) in [4.78, 5) is 22.8. The molecule has 0 amide bonds. The minimum Gasteiger partial charge on any atom is -0.478 e. The number of ether oxygens (including phenoxy) is 1. The number of carbonyl (C=O) groups is 2. The molecule has 0 spiro atoms. The smallest absolute Gasteiger partial charge is 0.339 e. The predicted octanol–water partition coefficient (Wildman–Crippen LogP) is 1.79. The Morgan fingerprint density at radius 2 is 1.22 bits per heavy atom. The zero-order chi connectivity index (χ0) is 17.0. The Labute approximate surface area is 132 Å². The molecule has 0 fully saturated rings. The number of carboxylic acid groups (broad SMARTS) is 2. The van der Waals surface area contributed by atoms with E-state index >= 15 is 0 Å². The molecule has 120 valence electrons.